The van der Waals surface area contributed by atoms with Crippen LogP contribution < -0.4 is 14.4 Å². The van der Waals surface area contributed by atoms with E-state index in [4.69, 9.17) is 4.74 Å². The van der Waals surface area contributed by atoms with Gasteiger partial charge >= 0.3 is 0 Å². The lowest BCUT2D eigenvalue weighted by molar-refractivity contribution is -0.139. The van der Waals surface area contributed by atoms with Crippen LogP contribution in [-0.4, -0.2) is 50.5 Å². The van der Waals surface area contributed by atoms with Gasteiger partial charge in [-0.1, -0.05) is 48.0 Å². The lowest BCUT2D eigenvalue weighted by atomic mass is 10.1. The number of nitrogens with zero attached hydrogens (tertiary/aromatic N) is 2. The van der Waals surface area contributed by atoms with Gasteiger partial charge in [-0.05, 0) is 62.7 Å². The van der Waals surface area contributed by atoms with E-state index in [2.05, 4.69) is 5.32 Å². The molecule has 0 saturated carbocycles. The van der Waals surface area contributed by atoms with Crippen LogP contribution in [0.4, 0.5) is 5.69 Å². The van der Waals surface area contributed by atoms with E-state index in [1.807, 2.05) is 61.5 Å². The molecule has 0 heterocycles. The molecule has 0 unspecified atom stereocenters. The largest absolute Gasteiger partial charge is 0.457 e. The number of carbonyl (C=O) groups is 2. The molecule has 1 N–H and O–H groups in total. The highest BCUT2D eigenvalue weighted by atomic mass is 32.2. The van der Waals surface area contributed by atoms with Crippen LogP contribution in [0.5, 0.6) is 11.5 Å². The van der Waals surface area contributed by atoms with Gasteiger partial charge in [0, 0.05) is 13.1 Å². The number of hydrogen-bond donors (Lipinski definition) is 1. The molecule has 37 heavy (non-hydrogen) atoms. The van der Waals surface area contributed by atoms with Crippen molar-refractivity contribution in [2.75, 3.05) is 23.7 Å². The van der Waals surface area contributed by atoms with Crippen molar-refractivity contribution in [3.63, 3.8) is 0 Å². The second-order valence-corrected chi connectivity index (χ2v) is 10.7. The van der Waals surface area contributed by atoms with E-state index in [1.165, 1.54) is 4.90 Å². The minimum absolute atomic E-state index is 0.166. The normalized spacial score (nSPS) is 11.9. The molecule has 0 aromatic heterocycles. The van der Waals surface area contributed by atoms with Crippen molar-refractivity contribution in [1.29, 1.82) is 0 Å². The maximum atomic E-state index is 13.5. The molecule has 3 aromatic carbocycles. The highest BCUT2D eigenvalue weighted by molar-refractivity contribution is 7.92. The van der Waals surface area contributed by atoms with Crippen LogP contribution in [-0.2, 0) is 26.2 Å². The summed E-state index contributed by atoms with van der Waals surface area (Å²) in [5.74, 6) is 0.378. The molecule has 2 amide bonds. The van der Waals surface area contributed by atoms with Gasteiger partial charge in [-0.25, -0.2) is 8.42 Å². The van der Waals surface area contributed by atoms with E-state index < -0.39 is 28.5 Å². The number of hydrogen-bond acceptors (Lipinski definition) is 5. The van der Waals surface area contributed by atoms with Gasteiger partial charge in [0.2, 0.25) is 21.8 Å². The predicted molar refractivity (Wildman–Crippen MR) is 145 cm³/mol. The second kappa shape index (κ2) is 12.4. The summed E-state index contributed by atoms with van der Waals surface area (Å²) in [6, 6.07) is 22.5. The van der Waals surface area contributed by atoms with Gasteiger partial charge in [-0.2, -0.15) is 0 Å². The Labute approximate surface area is 218 Å². The number of sulfonamides is 1. The van der Waals surface area contributed by atoms with Gasteiger partial charge in [0.05, 0.1) is 11.9 Å². The van der Waals surface area contributed by atoms with Crippen molar-refractivity contribution in [2.24, 2.45) is 0 Å². The fourth-order valence-corrected chi connectivity index (χ4v) is 4.56. The highest BCUT2D eigenvalue weighted by Crippen LogP contribution is 2.26. The molecule has 0 fully saturated rings. The number of nitrogens with one attached hydrogen (secondary N) is 1. The second-order valence-electron chi connectivity index (χ2n) is 8.76. The van der Waals surface area contributed by atoms with Crippen molar-refractivity contribution in [1.82, 2.24) is 10.2 Å². The Kier molecular flexibility index (Phi) is 9.30. The van der Waals surface area contributed by atoms with Gasteiger partial charge in [0.15, 0.2) is 0 Å². The first-order chi connectivity index (χ1) is 17.6. The lowest BCUT2D eigenvalue weighted by Crippen LogP contribution is -2.51. The summed E-state index contributed by atoms with van der Waals surface area (Å²) in [4.78, 5) is 27.5. The van der Waals surface area contributed by atoms with Crippen LogP contribution in [0.15, 0.2) is 78.9 Å². The molecule has 0 aliphatic rings. The number of aryl methyl sites for hydroxylation is 1. The predicted octanol–water partition coefficient (Wildman–Crippen LogP) is 4.11. The van der Waals surface area contributed by atoms with Gasteiger partial charge in [-0.3, -0.25) is 13.9 Å². The minimum atomic E-state index is -3.81. The summed E-state index contributed by atoms with van der Waals surface area (Å²) in [6.07, 6.45) is 1.05. The third-order valence-electron chi connectivity index (χ3n) is 5.77. The molecule has 0 saturated heterocycles. The van der Waals surface area contributed by atoms with Crippen molar-refractivity contribution in [3.8, 4) is 11.5 Å². The molecule has 0 radical (unpaired) electrons. The maximum Gasteiger partial charge on any atom is 0.244 e. The van der Waals surface area contributed by atoms with Crippen molar-refractivity contribution < 1.29 is 22.7 Å². The van der Waals surface area contributed by atoms with E-state index in [0.717, 1.165) is 21.7 Å². The number of benzene rings is 3. The molecule has 0 spiro atoms. The zero-order valence-corrected chi connectivity index (χ0v) is 22.4. The third-order valence-corrected chi connectivity index (χ3v) is 6.92. The highest BCUT2D eigenvalue weighted by Gasteiger charge is 2.29. The van der Waals surface area contributed by atoms with Crippen molar-refractivity contribution in [3.05, 3.63) is 90.0 Å². The average molecular weight is 524 g/mol. The molecule has 196 valence electrons. The summed E-state index contributed by atoms with van der Waals surface area (Å²) >= 11 is 0. The first kappa shape index (κ1) is 27.7. The van der Waals surface area contributed by atoms with Gasteiger partial charge in [-0.15, -0.1) is 0 Å². The van der Waals surface area contributed by atoms with Gasteiger partial charge < -0.3 is 15.0 Å². The van der Waals surface area contributed by atoms with E-state index in [9.17, 15) is 18.0 Å². The number of amides is 2. The molecule has 1 atom stereocenters. The Morgan fingerprint density at radius 1 is 0.919 bits per heavy atom. The lowest BCUT2D eigenvalue weighted by Gasteiger charge is -2.31. The number of para-hydroxylation sites is 1. The molecule has 3 aromatic rings. The van der Waals surface area contributed by atoms with Crippen LogP contribution in [0.2, 0.25) is 0 Å². The first-order valence-electron chi connectivity index (χ1n) is 12.0. The molecule has 0 bridgehead atoms. The number of ether oxygens (including phenoxy) is 1. The summed E-state index contributed by atoms with van der Waals surface area (Å²) in [5.41, 5.74) is 2.22. The smallest absolute Gasteiger partial charge is 0.244 e. The molecule has 9 heteroatoms. The Morgan fingerprint density at radius 3 is 2.08 bits per heavy atom. The van der Waals surface area contributed by atoms with Gasteiger partial charge in [0.25, 0.3) is 0 Å². The Morgan fingerprint density at radius 2 is 1.51 bits per heavy atom. The molecule has 3 rings (SSSR count). The van der Waals surface area contributed by atoms with Crippen LogP contribution in [0, 0.1) is 6.92 Å². The maximum absolute atomic E-state index is 13.5. The fraction of sp³-hybridized carbons (Fsp3) is 0.286. The molecule has 0 aliphatic carbocycles. The number of carbonyl (C=O) groups excluding carboxylic acids is 2. The monoisotopic (exact) mass is 523 g/mol. The summed E-state index contributed by atoms with van der Waals surface area (Å²) in [5, 5.41) is 2.74. The van der Waals surface area contributed by atoms with Crippen LogP contribution >= 0.6 is 0 Å². The Bertz CT molecular complexity index is 1290. The molecular weight excluding hydrogens is 490 g/mol. The van der Waals surface area contributed by atoms with Crippen LogP contribution in [0.25, 0.3) is 0 Å². The van der Waals surface area contributed by atoms with Gasteiger partial charge in [0.1, 0.15) is 24.1 Å². The third kappa shape index (κ3) is 7.82. The van der Waals surface area contributed by atoms with E-state index >= 15 is 0 Å². The standard InChI is InChI=1S/C28H33N3O5S/c1-5-29-28(33)22(3)30(19-23-13-11-21(2)12-14-23)27(32)20-31(37(4,34)35)24-15-17-26(18-16-24)36-25-9-7-6-8-10-25/h6-18,22H,5,19-20H2,1-4H3,(H,29,33)/t22-/m0/s1. The summed E-state index contributed by atoms with van der Waals surface area (Å²) in [7, 11) is -3.81. The SMILES string of the molecule is CCNC(=O)[C@H](C)N(Cc1ccc(C)cc1)C(=O)CN(c1ccc(Oc2ccccc2)cc1)S(C)(=O)=O. The minimum Gasteiger partial charge on any atom is -0.457 e. The van der Waals surface area contributed by atoms with Crippen molar-refractivity contribution in [2.45, 2.75) is 33.4 Å². The molecular formula is C28H33N3O5S. The number of likely N-dealkylation sites (N-methyl/N-ethyl adjacent to an activating group) is 1. The van der Waals surface area contributed by atoms with Crippen LogP contribution in [0.3, 0.4) is 0 Å². The fourth-order valence-electron chi connectivity index (χ4n) is 3.71. The summed E-state index contributed by atoms with van der Waals surface area (Å²) < 4.78 is 32.2. The number of rotatable bonds is 11. The topological polar surface area (TPSA) is 96.0 Å². The quantitative estimate of drug-likeness (QED) is 0.408. The summed E-state index contributed by atoms with van der Waals surface area (Å²) in [6.45, 7) is 5.53. The average Bonchev–Trinajstić information content (AvgIpc) is 2.87. The molecule has 8 nitrogen and oxygen atoms in total. The Hall–Kier alpha value is -3.85. The molecule has 0 aliphatic heterocycles. The van der Waals surface area contributed by atoms with Crippen LogP contribution in [0.1, 0.15) is 25.0 Å². The zero-order chi connectivity index (χ0) is 27.0. The Balaban J connectivity index is 1.85. The zero-order valence-electron chi connectivity index (χ0n) is 21.5. The van der Waals surface area contributed by atoms with E-state index in [0.29, 0.717) is 23.7 Å². The van der Waals surface area contributed by atoms with E-state index in [-0.39, 0.29) is 12.5 Å². The van der Waals surface area contributed by atoms with Crippen molar-refractivity contribution >= 4 is 27.5 Å². The number of anilines is 1. The van der Waals surface area contributed by atoms with E-state index in [1.54, 1.807) is 38.1 Å². The first-order valence-corrected chi connectivity index (χ1v) is 13.9.